The molecule has 0 unspecified atom stereocenters. The summed E-state index contributed by atoms with van der Waals surface area (Å²) in [5.74, 6) is 1.07. The molecular weight excluding hydrogens is 338 g/mol. The third-order valence-corrected chi connectivity index (χ3v) is 3.24. The standard InChI is InChI=1S/C13H10BrN5O2/c1-20-11-5-4-10(17-18-11)12-16-13(21-19-12)8-6-7(14)2-3-9(8)15/h2-6H,15H2,1H3. The van der Waals surface area contributed by atoms with Crippen molar-refractivity contribution in [3.05, 3.63) is 34.8 Å². The largest absolute Gasteiger partial charge is 0.480 e. The van der Waals surface area contributed by atoms with Crippen LogP contribution in [0, 0.1) is 0 Å². The summed E-state index contributed by atoms with van der Waals surface area (Å²) in [6.45, 7) is 0. The molecule has 2 aromatic heterocycles. The number of benzene rings is 1. The first kappa shape index (κ1) is 13.5. The number of aromatic nitrogens is 4. The van der Waals surface area contributed by atoms with Crippen molar-refractivity contribution in [2.45, 2.75) is 0 Å². The zero-order chi connectivity index (χ0) is 14.8. The summed E-state index contributed by atoms with van der Waals surface area (Å²) in [7, 11) is 1.52. The summed E-state index contributed by atoms with van der Waals surface area (Å²) >= 11 is 3.38. The first-order valence-electron chi connectivity index (χ1n) is 5.94. The summed E-state index contributed by atoms with van der Waals surface area (Å²) in [6, 6.07) is 8.78. The van der Waals surface area contributed by atoms with Gasteiger partial charge in [-0.2, -0.15) is 4.98 Å². The van der Waals surface area contributed by atoms with Gasteiger partial charge in [0.05, 0.1) is 12.7 Å². The Bertz CT molecular complexity index is 772. The molecule has 106 valence electrons. The van der Waals surface area contributed by atoms with Crippen LogP contribution >= 0.6 is 15.9 Å². The van der Waals surface area contributed by atoms with Crippen LogP contribution < -0.4 is 10.5 Å². The second-order valence-corrected chi connectivity index (χ2v) is 5.03. The van der Waals surface area contributed by atoms with Gasteiger partial charge in [0.25, 0.3) is 5.89 Å². The van der Waals surface area contributed by atoms with E-state index in [1.165, 1.54) is 7.11 Å². The second-order valence-electron chi connectivity index (χ2n) is 4.12. The highest BCUT2D eigenvalue weighted by atomic mass is 79.9. The Balaban J connectivity index is 1.97. The number of methoxy groups -OCH3 is 1. The summed E-state index contributed by atoms with van der Waals surface area (Å²) in [5, 5.41) is 11.7. The number of rotatable bonds is 3. The average molecular weight is 348 g/mol. The van der Waals surface area contributed by atoms with E-state index < -0.39 is 0 Å². The lowest BCUT2D eigenvalue weighted by Gasteiger charge is -2.00. The van der Waals surface area contributed by atoms with Crippen molar-refractivity contribution in [2.75, 3.05) is 12.8 Å². The zero-order valence-corrected chi connectivity index (χ0v) is 12.5. The number of hydrogen-bond acceptors (Lipinski definition) is 7. The second kappa shape index (κ2) is 5.49. The number of ether oxygens (including phenoxy) is 1. The molecule has 0 atom stereocenters. The Morgan fingerprint density at radius 2 is 2.05 bits per heavy atom. The van der Waals surface area contributed by atoms with Crippen molar-refractivity contribution in [3.8, 4) is 28.9 Å². The summed E-state index contributed by atoms with van der Waals surface area (Å²) in [6.07, 6.45) is 0. The van der Waals surface area contributed by atoms with E-state index in [-0.39, 0.29) is 0 Å². The Hall–Kier alpha value is -2.48. The van der Waals surface area contributed by atoms with Gasteiger partial charge in [-0.3, -0.25) is 0 Å². The number of hydrogen-bond donors (Lipinski definition) is 1. The SMILES string of the molecule is COc1ccc(-c2noc(-c3cc(Br)ccc3N)n2)nn1. The predicted molar refractivity (Wildman–Crippen MR) is 79.4 cm³/mol. The van der Waals surface area contributed by atoms with E-state index in [1.54, 1.807) is 18.2 Å². The van der Waals surface area contributed by atoms with E-state index in [2.05, 4.69) is 36.3 Å². The van der Waals surface area contributed by atoms with Crippen LogP contribution in [0.25, 0.3) is 23.0 Å². The molecule has 0 saturated carbocycles. The molecule has 0 spiro atoms. The number of nitrogens with zero attached hydrogens (tertiary/aromatic N) is 4. The maximum absolute atomic E-state index is 5.91. The monoisotopic (exact) mass is 347 g/mol. The lowest BCUT2D eigenvalue weighted by Crippen LogP contribution is -1.93. The van der Waals surface area contributed by atoms with E-state index in [0.717, 1.165) is 4.47 Å². The van der Waals surface area contributed by atoms with Gasteiger partial charge in [-0.1, -0.05) is 21.1 Å². The highest BCUT2D eigenvalue weighted by molar-refractivity contribution is 9.10. The van der Waals surface area contributed by atoms with Crippen molar-refractivity contribution in [3.63, 3.8) is 0 Å². The van der Waals surface area contributed by atoms with Gasteiger partial charge < -0.3 is 15.0 Å². The first-order chi connectivity index (χ1) is 10.2. The average Bonchev–Trinajstić information content (AvgIpc) is 2.99. The molecular formula is C13H10BrN5O2. The minimum absolute atomic E-state index is 0.321. The molecule has 3 rings (SSSR count). The van der Waals surface area contributed by atoms with Crippen molar-refractivity contribution in [1.82, 2.24) is 20.3 Å². The molecule has 2 heterocycles. The number of halogens is 1. The Morgan fingerprint density at radius 1 is 1.19 bits per heavy atom. The number of nitrogen functional groups attached to an aromatic ring is 1. The zero-order valence-electron chi connectivity index (χ0n) is 10.9. The van der Waals surface area contributed by atoms with Gasteiger partial charge in [0.2, 0.25) is 11.7 Å². The van der Waals surface area contributed by atoms with Gasteiger partial charge in [-0.15, -0.1) is 10.2 Å². The van der Waals surface area contributed by atoms with Crippen LogP contribution in [0.2, 0.25) is 0 Å². The number of anilines is 1. The van der Waals surface area contributed by atoms with E-state index in [4.69, 9.17) is 15.0 Å². The minimum Gasteiger partial charge on any atom is -0.480 e. The maximum Gasteiger partial charge on any atom is 0.260 e. The van der Waals surface area contributed by atoms with Crippen molar-refractivity contribution in [1.29, 1.82) is 0 Å². The molecule has 0 amide bonds. The van der Waals surface area contributed by atoms with Crippen molar-refractivity contribution >= 4 is 21.6 Å². The van der Waals surface area contributed by atoms with E-state index in [0.29, 0.717) is 34.5 Å². The fourth-order valence-corrected chi connectivity index (χ4v) is 2.06. The van der Waals surface area contributed by atoms with Gasteiger partial charge in [0, 0.05) is 16.2 Å². The Labute approximate surface area is 128 Å². The lowest BCUT2D eigenvalue weighted by molar-refractivity contribution is 0.392. The molecule has 2 N–H and O–H groups in total. The normalized spacial score (nSPS) is 10.6. The number of nitrogens with two attached hydrogens (primary N) is 1. The quantitative estimate of drug-likeness (QED) is 0.726. The molecule has 8 heteroatoms. The maximum atomic E-state index is 5.91. The molecule has 3 aromatic rings. The van der Waals surface area contributed by atoms with Crippen LogP contribution in [0.15, 0.2) is 39.3 Å². The molecule has 0 bridgehead atoms. The van der Waals surface area contributed by atoms with E-state index >= 15 is 0 Å². The van der Waals surface area contributed by atoms with Gasteiger partial charge in [-0.05, 0) is 24.3 Å². The molecule has 0 aliphatic carbocycles. The smallest absolute Gasteiger partial charge is 0.260 e. The molecule has 1 aromatic carbocycles. The predicted octanol–water partition coefficient (Wildman–Crippen LogP) is 2.55. The topological polar surface area (TPSA) is 100.0 Å². The highest BCUT2D eigenvalue weighted by Gasteiger charge is 2.14. The van der Waals surface area contributed by atoms with Gasteiger partial charge in [0.1, 0.15) is 5.69 Å². The molecule has 7 nitrogen and oxygen atoms in total. The molecule has 21 heavy (non-hydrogen) atoms. The minimum atomic E-state index is 0.321. The van der Waals surface area contributed by atoms with Gasteiger partial charge in [-0.25, -0.2) is 0 Å². The Kier molecular flexibility index (Phi) is 3.53. The van der Waals surface area contributed by atoms with Gasteiger partial charge in [0.15, 0.2) is 0 Å². The van der Waals surface area contributed by atoms with Crippen LogP contribution in [0.5, 0.6) is 5.88 Å². The van der Waals surface area contributed by atoms with Crippen molar-refractivity contribution < 1.29 is 9.26 Å². The third kappa shape index (κ3) is 2.70. The Morgan fingerprint density at radius 3 is 2.76 bits per heavy atom. The summed E-state index contributed by atoms with van der Waals surface area (Å²) in [4.78, 5) is 4.29. The van der Waals surface area contributed by atoms with Crippen LogP contribution in [-0.2, 0) is 0 Å². The molecule has 0 saturated heterocycles. The molecule has 0 radical (unpaired) electrons. The fraction of sp³-hybridized carbons (Fsp3) is 0.0769. The molecule has 0 aliphatic rings. The van der Waals surface area contributed by atoms with Gasteiger partial charge >= 0.3 is 0 Å². The fourth-order valence-electron chi connectivity index (χ4n) is 1.70. The van der Waals surface area contributed by atoms with E-state index in [9.17, 15) is 0 Å². The van der Waals surface area contributed by atoms with Crippen LogP contribution in [0.1, 0.15) is 0 Å². The van der Waals surface area contributed by atoms with Crippen molar-refractivity contribution in [2.24, 2.45) is 0 Å². The lowest BCUT2D eigenvalue weighted by atomic mass is 10.2. The van der Waals surface area contributed by atoms with Crippen LogP contribution in [0.4, 0.5) is 5.69 Å². The molecule has 0 fully saturated rings. The highest BCUT2D eigenvalue weighted by Crippen LogP contribution is 2.29. The third-order valence-electron chi connectivity index (χ3n) is 2.75. The first-order valence-corrected chi connectivity index (χ1v) is 6.74. The summed E-state index contributed by atoms with van der Waals surface area (Å²) < 4.78 is 11.1. The van der Waals surface area contributed by atoms with Crippen LogP contribution in [0.3, 0.4) is 0 Å². The van der Waals surface area contributed by atoms with Crippen LogP contribution in [-0.4, -0.2) is 27.4 Å². The summed E-state index contributed by atoms with van der Waals surface area (Å²) in [5.41, 5.74) is 7.61. The molecule has 0 aliphatic heterocycles. The van der Waals surface area contributed by atoms with E-state index in [1.807, 2.05) is 12.1 Å².